The van der Waals surface area contributed by atoms with Gasteiger partial charge >= 0.3 is 0 Å². The highest BCUT2D eigenvalue weighted by atomic mass is 16.3. The monoisotopic (exact) mass is 439 g/mol. The summed E-state index contributed by atoms with van der Waals surface area (Å²) < 4.78 is 7.61. The molecular weight excluding hydrogens is 402 g/mol. The Balaban J connectivity index is 1.49. The number of carbonyl (C=O) groups excluding carboxylic acids is 2. The molecule has 2 aromatic heterocycles. The van der Waals surface area contributed by atoms with Crippen LogP contribution in [0.15, 0.2) is 22.8 Å². The Morgan fingerprint density at radius 2 is 1.62 bits per heavy atom. The van der Waals surface area contributed by atoms with Crippen LogP contribution < -0.4 is 5.32 Å². The standard InChI is InChI=1S/C26H37N3O3/c1-26(25(31)27-19-11-7-3-2-4-8-12-19)18-28-21-15-16-32-23(21)17-22(28)24(30)29(26)20-13-9-5-6-10-14-20/h15-17,19-20H,2-14,18H2,1H3,(H,27,31)/t26-/m0/s1. The third-order valence-corrected chi connectivity index (χ3v) is 8.08. The van der Waals surface area contributed by atoms with Gasteiger partial charge in [0.25, 0.3) is 5.91 Å². The van der Waals surface area contributed by atoms with Crippen molar-refractivity contribution < 1.29 is 14.0 Å². The van der Waals surface area contributed by atoms with Gasteiger partial charge in [-0.05, 0) is 32.6 Å². The van der Waals surface area contributed by atoms with Crippen LogP contribution in [0.1, 0.15) is 101 Å². The molecule has 2 amide bonds. The van der Waals surface area contributed by atoms with Crippen molar-refractivity contribution in [2.75, 3.05) is 0 Å². The van der Waals surface area contributed by atoms with E-state index in [4.69, 9.17) is 4.42 Å². The third kappa shape index (κ3) is 3.86. The van der Waals surface area contributed by atoms with Crippen LogP contribution in [0.3, 0.4) is 0 Å². The molecule has 3 aliphatic rings. The molecule has 3 heterocycles. The van der Waals surface area contributed by atoms with Gasteiger partial charge in [0.15, 0.2) is 5.58 Å². The van der Waals surface area contributed by atoms with Crippen molar-refractivity contribution in [3.8, 4) is 0 Å². The van der Waals surface area contributed by atoms with Gasteiger partial charge in [0.2, 0.25) is 5.91 Å². The van der Waals surface area contributed by atoms with Crippen molar-refractivity contribution in [3.63, 3.8) is 0 Å². The largest absolute Gasteiger partial charge is 0.463 e. The van der Waals surface area contributed by atoms with E-state index in [2.05, 4.69) is 5.32 Å². The molecule has 0 unspecified atom stereocenters. The van der Waals surface area contributed by atoms with Crippen LogP contribution in [0, 0.1) is 0 Å². The summed E-state index contributed by atoms with van der Waals surface area (Å²) in [7, 11) is 0. The van der Waals surface area contributed by atoms with Gasteiger partial charge in [0.1, 0.15) is 11.2 Å². The van der Waals surface area contributed by atoms with E-state index in [-0.39, 0.29) is 23.9 Å². The van der Waals surface area contributed by atoms with Crippen LogP contribution >= 0.6 is 0 Å². The molecule has 1 atom stereocenters. The van der Waals surface area contributed by atoms with Crippen LogP contribution in [0.2, 0.25) is 0 Å². The van der Waals surface area contributed by atoms with Gasteiger partial charge in [-0.2, -0.15) is 0 Å². The van der Waals surface area contributed by atoms with E-state index in [1.165, 1.54) is 44.9 Å². The van der Waals surface area contributed by atoms with Gasteiger partial charge < -0.3 is 19.2 Å². The van der Waals surface area contributed by atoms with Crippen LogP contribution in [0.25, 0.3) is 11.1 Å². The molecule has 0 saturated heterocycles. The molecule has 174 valence electrons. The minimum atomic E-state index is -0.898. The zero-order valence-corrected chi connectivity index (χ0v) is 19.4. The number of carbonyl (C=O) groups is 2. The zero-order valence-electron chi connectivity index (χ0n) is 19.4. The van der Waals surface area contributed by atoms with Crippen LogP contribution in [-0.2, 0) is 11.3 Å². The van der Waals surface area contributed by atoms with Crippen molar-refractivity contribution in [1.82, 2.24) is 14.8 Å². The summed E-state index contributed by atoms with van der Waals surface area (Å²) in [5.41, 5.74) is 1.38. The lowest BCUT2D eigenvalue weighted by molar-refractivity contribution is -0.135. The average molecular weight is 440 g/mol. The van der Waals surface area contributed by atoms with E-state index in [9.17, 15) is 9.59 Å². The van der Waals surface area contributed by atoms with Crippen molar-refractivity contribution in [2.24, 2.45) is 0 Å². The molecule has 2 fully saturated rings. The summed E-state index contributed by atoms with van der Waals surface area (Å²) in [4.78, 5) is 29.8. The Morgan fingerprint density at radius 3 is 2.31 bits per heavy atom. The van der Waals surface area contributed by atoms with E-state index in [0.717, 1.165) is 49.6 Å². The van der Waals surface area contributed by atoms with Gasteiger partial charge in [-0.3, -0.25) is 9.59 Å². The molecule has 2 saturated carbocycles. The number of amides is 2. The molecule has 0 radical (unpaired) electrons. The first-order valence-electron chi connectivity index (χ1n) is 12.8. The normalized spacial score (nSPS) is 26.4. The van der Waals surface area contributed by atoms with Gasteiger partial charge in [-0.1, -0.05) is 57.8 Å². The maximum atomic E-state index is 13.9. The molecule has 6 heteroatoms. The number of nitrogens with one attached hydrogen (secondary N) is 1. The molecule has 32 heavy (non-hydrogen) atoms. The van der Waals surface area contributed by atoms with E-state index >= 15 is 0 Å². The molecule has 0 aromatic carbocycles. The van der Waals surface area contributed by atoms with Crippen molar-refractivity contribution >= 4 is 22.9 Å². The molecule has 0 spiro atoms. The van der Waals surface area contributed by atoms with Crippen LogP contribution in [-0.4, -0.2) is 38.9 Å². The van der Waals surface area contributed by atoms with Crippen molar-refractivity contribution in [1.29, 1.82) is 0 Å². The van der Waals surface area contributed by atoms with Gasteiger partial charge in [0.05, 0.1) is 18.3 Å². The summed E-state index contributed by atoms with van der Waals surface area (Å²) in [6.45, 7) is 2.47. The number of nitrogens with zero attached hydrogens (tertiary/aromatic N) is 2. The Kier molecular flexibility index (Phi) is 6.04. The lowest BCUT2D eigenvalue weighted by Crippen LogP contribution is -2.67. The summed E-state index contributed by atoms with van der Waals surface area (Å²) >= 11 is 0. The second-order valence-corrected chi connectivity index (χ2v) is 10.4. The number of rotatable bonds is 3. The lowest BCUT2D eigenvalue weighted by atomic mass is 9.89. The highest BCUT2D eigenvalue weighted by Crippen LogP contribution is 2.37. The Hall–Kier alpha value is -2.24. The molecule has 5 rings (SSSR count). The van der Waals surface area contributed by atoms with Gasteiger partial charge in [-0.25, -0.2) is 0 Å². The topological polar surface area (TPSA) is 67.5 Å². The first-order chi connectivity index (χ1) is 15.6. The molecule has 2 aromatic rings. The molecule has 2 aliphatic carbocycles. The molecule has 1 N–H and O–H groups in total. The molecule has 6 nitrogen and oxygen atoms in total. The minimum absolute atomic E-state index is 0.0108. The van der Waals surface area contributed by atoms with E-state index < -0.39 is 5.54 Å². The van der Waals surface area contributed by atoms with Crippen LogP contribution in [0.4, 0.5) is 0 Å². The summed E-state index contributed by atoms with van der Waals surface area (Å²) in [6.07, 6.45) is 16.5. The fourth-order valence-corrected chi connectivity index (χ4v) is 6.26. The highest BCUT2D eigenvalue weighted by Gasteiger charge is 2.50. The van der Waals surface area contributed by atoms with E-state index in [1.807, 2.05) is 28.5 Å². The molecular formula is C26H37N3O3. The zero-order chi connectivity index (χ0) is 22.1. The number of furan rings is 1. The third-order valence-electron chi connectivity index (χ3n) is 8.08. The summed E-state index contributed by atoms with van der Waals surface area (Å²) in [5, 5.41) is 3.40. The number of aromatic nitrogens is 1. The fraction of sp³-hybridized carbons (Fsp3) is 0.692. The van der Waals surface area contributed by atoms with Crippen LogP contribution in [0.5, 0.6) is 0 Å². The Morgan fingerprint density at radius 1 is 1.00 bits per heavy atom. The maximum Gasteiger partial charge on any atom is 0.271 e. The average Bonchev–Trinajstić information content (AvgIpc) is 3.24. The van der Waals surface area contributed by atoms with E-state index in [1.54, 1.807) is 6.26 Å². The molecule has 0 bridgehead atoms. The second kappa shape index (κ2) is 8.95. The predicted octanol–water partition coefficient (Wildman–Crippen LogP) is 5.40. The summed E-state index contributed by atoms with van der Waals surface area (Å²) in [5.74, 6) is -0.0125. The SMILES string of the molecule is C[C@@]1(C(=O)NC2CCCCCCC2)Cn2c(cc3occc32)C(=O)N1C1CCCCCC1. The number of hydrogen-bond donors (Lipinski definition) is 1. The van der Waals surface area contributed by atoms with Crippen molar-refractivity contribution in [3.05, 3.63) is 24.1 Å². The number of hydrogen-bond acceptors (Lipinski definition) is 3. The maximum absolute atomic E-state index is 13.9. The second-order valence-electron chi connectivity index (χ2n) is 10.4. The van der Waals surface area contributed by atoms with E-state index in [0.29, 0.717) is 12.2 Å². The molecule has 1 aliphatic heterocycles. The fourth-order valence-electron chi connectivity index (χ4n) is 6.26. The highest BCUT2D eigenvalue weighted by molar-refractivity contribution is 6.03. The Bertz CT molecular complexity index is 960. The Labute approximate surface area is 190 Å². The smallest absolute Gasteiger partial charge is 0.271 e. The summed E-state index contributed by atoms with van der Waals surface area (Å²) in [6, 6.07) is 4.09. The lowest BCUT2D eigenvalue weighted by Gasteiger charge is -2.48. The minimum Gasteiger partial charge on any atom is -0.463 e. The van der Waals surface area contributed by atoms with Crippen molar-refractivity contribution in [2.45, 2.75) is 115 Å². The number of fused-ring (bicyclic) bond motifs is 3. The van der Waals surface area contributed by atoms with Gasteiger partial charge in [-0.15, -0.1) is 0 Å². The first-order valence-corrected chi connectivity index (χ1v) is 12.8. The predicted molar refractivity (Wildman–Crippen MR) is 125 cm³/mol. The van der Waals surface area contributed by atoms with Gasteiger partial charge in [0, 0.05) is 24.2 Å². The quantitative estimate of drug-likeness (QED) is 0.651. The first kappa shape index (κ1) is 21.6.